The van der Waals surface area contributed by atoms with Gasteiger partial charge in [-0.05, 0) is 42.8 Å². The maximum absolute atomic E-state index is 13.7. The van der Waals surface area contributed by atoms with Gasteiger partial charge in [-0.3, -0.25) is 0 Å². The van der Waals surface area contributed by atoms with Crippen LogP contribution in [-0.2, 0) is 29.7 Å². The summed E-state index contributed by atoms with van der Waals surface area (Å²) < 4.78 is 34.7. The molecule has 0 bridgehead atoms. The number of rotatable bonds is 11. The number of hydrogen-bond acceptors (Lipinski definition) is 4. The largest absolute Gasteiger partial charge is 0.493 e. The topological polar surface area (TPSA) is 58.6 Å². The Morgan fingerprint density at radius 2 is 1.45 bits per heavy atom. The Morgan fingerprint density at radius 1 is 0.871 bits per heavy atom. The molecule has 0 atom stereocenters. The van der Waals surface area contributed by atoms with Crippen LogP contribution in [0.25, 0.3) is 0 Å². The van der Waals surface area contributed by atoms with Crippen molar-refractivity contribution in [2.45, 2.75) is 37.9 Å². The van der Waals surface area contributed by atoms with Crippen molar-refractivity contribution in [1.29, 1.82) is 0 Å². The highest BCUT2D eigenvalue weighted by molar-refractivity contribution is 7.89. The molecule has 3 aromatic rings. The van der Waals surface area contributed by atoms with Crippen molar-refractivity contribution in [3.8, 4) is 5.75 Å². The van der Waals surface area contributed by atoms with Gasteiger partial charge in [0, 0.05) is 25.2 Å². The fraction of sp³-hybridized carbons (Fsp3) is 0.280. The Bertz CT molecular complexity index is 1010. The summed E-state index contributed by atoms with van der Waals surface area (Å²) in [5, 5.41) is 3.10. The van der Waals surface area contributed by atoms with E-state index in [4.69, 9.17) is 4.74 Å². The van der Waals surface area contributed by atoms with E-state index < -0.39 is 10.0 Å². The van der Waals surface area contributed by atoms with Crippen LogP contribution in [0, 0.1) is 0 Å². The van der Waals surface area contributed by atoms with E-state index in [9.17, 15) is 8.42 Å². The second-order valence-electron chi connectivity index (χ2n) is 7.39. The van der Waals surface area contributed by atoms with Crippen LogP contribution in [0.15, 0.2) is 83.8 Å². The molecule has 3 rings (SSSR count). The zero-order valence-electron chi connectivity index (χ0n) is 18.1. The first-order valence-corrected chi connectivity index (χ1v) is 12.0. The van der Waals surface area contributed by atoms with Crippen LogP contribution in [0.3, 0.4) is 0 Å². The molecule has 3 aromatic carbocycles. The fourth-order valence-corrected chi connectivity index (χ4v) is 4.81. The summed E-state index contributed by atoms with van der Waals surface area (Å²) in [4.78, 5) is 0.272. The van der Waals surface area contributed by atoms with E-state index in [0.29, 0.717) is 32.0 Å². The smallest absolute Gasteiger partial charge is 0.243 e. The number of hydrogen-bond donors (Lipinski definition) is 1. The van der Waals surface area contributed by atoms with Gasteiger partial charge in [0.05, 0.1) is 11.5 Å². The third-order valence-electron chi connectivity index (χ3n) is 4.90. The molecule has 31 heavy (non-hydrogen) atoms. The Morgan fingerprint density at radius 3 is 1.97 bits per heavy atom. The van der Waals surface area contributed by atoms with Gasteiger partial charge in [-0.1, -0.05) is 67.6 Å². The predicted octanol–water partition coefficient (Wildman–Crippen LogP) is 4.59. The first-order chi connectivity index (χ1) is 15.0. The molecule has 0 aliphatic carbocycles. The second kappa shape index (κ2) is 11.1. The lowest BCUT2D eigenvalue weighted by Gasteiger charge is -2.23. The lowest BCUT2D eigenvalue weighted by molar-refractivity contribution is 0.313. The van der Waals surface area contributed by atoms with E-state index in [0.717, 1.165) is 23.1 Å². The van der Waals surface area contributed by atoms with Crippen molar-refractivity contribution >= 4 is 10.0 Å². The molecule has 6 heteroatoms. The summed E-state index contributed by atoms with van der Waals surface area (Å²) in [6.07, 6.45) is 0.890. The zero-order valence-corrected chi connectivity index (χ0v) is 18.9. The van der Waals surface area contributed by atoms with Crippen LogP contribution < -0.4 is 10.1 Å². The Labute approximate surface area is 185 Å². The molecule has 1 N–H and O–H groups in total. The average molecular weight is 439 g/mol. The van der Waals surface area contributed by atoms with Gasteiger partial charge in [-0.25, -0.2) is 8.42 Å². The van der Waals surface area contributed by atoms with E-state index in [1.807, 2.05) is 74.6 Å². The molecular formula is C25H30N2O3S. The number of nitrogens with one attached hydrogen (secondary N) is 1. The summed E-state index contributed by atoms with van der Waals surface area (Å²) in [5.41, 5.74) is 2.72. The number of benzene rings is 3. The molecule has 0 spiro atoms. The summed E-state index contributed by atoms with van der Waals surface area (Å²) in [5.74, 6) is 0.716. The van der Waals surface area contributed by atoms with Crippen molar-refractivity contribution in [2.24, 2.45) is 0 Å². The molecule has 0 heterocycles. The third-order valence-corrected chi connectivity index (χ3v) is 6.69. The SMILES string of the molecule is CCCOc1ccc(S(=O)(=O)N(Cc2ccccc2)Cc2ccccc2)cc1CNC. The fourth-order valence-electron chi connectivity index (χ4n) is 3.35. The Kier molecular flexibility index (Phi) is 8.23. The second-order valence-corrected chi connectivity index (χ2v) is 9.33. The minimum absolute atomic E-state index is 0.272. The lowest BCUT2D eigenvalue weighted by Crippen LogP contribution is -2.30. The van der Waals surface area contributed by atoms with Crippen LogP contribution in [0.5, 0.6) is 5.75 Å². The van der Waals surface area contributed by atoms with Gasteiger partial charge in [0.15, 0.2) is 0 Å². The maximum Gasteiger partial charge on any atom is 0.243 e. The quantitative estimate of drug-likeness (QED) is 0.476. The van der Waals surface area contributed by atoms with Crippen LogP contribution in [0.1, 0.15) is 30.0 Å². The molecule has 0 unspecified atom stereocenters. The molecular weight excluding hydrogens is 408 g/mol. The van der Waals surface area contributed by atoms with Gasteiger partial charge < -0.3 is 10.1 Å². The monoisotopic (exact) mass is 438 g/mol. The normalized spacial score (nSPS) is 11.6. The molecule has 0 amide bonds. The van der Waals surface area contributed by atoms with Gasteiger partial charge in [0.25, 0.3) is 0 Å². The van der Waals surface area contributed by atoms with Gasteiger partial charge in [0.2, 0.25) is 10.0 Å². The first-order valence-electron chi connectivity index (χ1n) is 10.5. The van der Waals surface area contributed by atoms with E-state index in [2.05, 4.69) is 5.32 Å². The van der Waals surface area contributed by atoms with Crippen molar-refractivity contribution in [1.82, 2.24) is 9.62 Å². The van der Waals surface area contributed by atoms with Crippen LogP contribution in [-0.4, -0.2) is 26.4 Å². The van der Waals surface area contributed by atoms with E-state index in [1.54, 1.807) is 18.2 Å². The zero-order chi connectivity index (χ0) is 22.1. The summed E-state index contributed by atoms with van der Waals surface area (Å²) in [7, 11) is -1.89. The molecule has 164 valence electrons. The highest BCUT2D eigenvalue weighted by atomic mass is 32.2. The Balaban J connectivity index is 1.97. The van der Waals surface area contributed by atoms with Crippen molar-refractivity contribution in [2.75, 3.05) is 13.7 Å². The number of nitrogens with zero attached hydrogens (tertiary/aromatic N) is 1. The third kappa shape index (κ3) is 6.17. The molecule has 0 aliphatic rings. The van der Waals surface area contributed by atoms with Gasteiger partial charge >= 0.3 is 0 Å². The van der Waals surface area contributed by atoms with Crippen LogP contribution in [0.2, 0.25) is 0 Å². The van der Waals surface area contributed by atoms with E-state index in [1.165, 1.54) is 4.31 Å². The molecule has 0 saturated heterocycles. The van der Waals surface area contributed by atoms with Gasteiger partial charge in [0.1, 0.15) is 5.75 Å². The average Bonchev–Trinajstić information content (AvgIpc) is 2.79. The molecule has 0 saturated carbocycles. The molecule has 5 nitrogen and oxygen atoms in total. The molecule has 0 aliphatic heterocycles. The van der Waals surface area contributed by atoms with Crippen LogP contribution >= 0.6 is 0 Å². The molecule has 0 radical (unpaired) electrons. The highest BCUT2D eigenvalue weighted by Gasteiger charge is 2.26. The summed E-state index contributed by atoms with van der Waals surface area (Å²) >= 11 is 0. The maximum atomic E-state index is 13.7. The first kappa shape index (κ1) is 23.0. The minimum atomic E-state index is -3.73. The summed E-state index contributed by atoms with van der Waals surface area (Å²) in [6.45, 7) is 3.76. The van der Waals surface area contributed by atoms with Gasteiger partial charge in [-0.15, -0.1) is 0 Å². The van der Waals surface area contributed by atoms with E-state index >= 15 is 0 Å². The van der Waals surface area contributed by atoms with E-state index in [-0.39, 0.29) is 4.90 Å². The number of sulfonamides is 1. The number of ether oxygens (including phenoxy) is 1. The Hall–Kier alpha value is -2.67. The van der Waals surface area contributed by atoms with Crippen molar-refractivity contribution in [3.63, 3.8) is 0 Å². The molecule has 0 aromatic heterocycles. The predicted molar refractivity (Wildman–Crippen MR) is 124 cm³/mol. The highest BCUT2D eigenvalue weighted by Crippen LogP contribution is 2.27. The summed E-state index contributed by atoms with van der Waals surface area (Å²) in [6, 6.07) is 24.5. The lowest BCUT2D eigenvalue weighted by atomic mass is 10.2. The van der Waals surface area contributed by atoms with Crippen LogP contribution in [0.4, 0.5) is 0 Å². The van der Waals surface area contributed by atoms with Gasteiger partial charge in [-0.2, -0.15) is 4.31 Å². The molecule has 0 fully saturated rings. The minimum Gasteiger partial charge on any atom is -0.493 e. The van der Waals surface area contributed by atoms with Crippen molar-refractivity contribution in [3.05, 3.63) is 95.6 Å². The van der Waals surface area contributed by atoms with Crippen molar-refractivity contribution < 1.29 is 13.2 Å². The standard InChI is InChI=1S/C25H30N2O3S/c1-3-16-30-25-15-14-24(17-23(25)18-26-2)31(28,29)27(19-21-10-6-4-7-11-21)20-22-12-8-5-9-13-22/h4-15,17,26H,3,16,18-20H2,1-2H3.